The Morgan fingerprint density at radius 1 is 1.35 bits per heavy atom. The molecule has 0 spiro atoms. The molecule has 0 saturated carbocycles. The van der Waals surface area contributed by atoms with E-state index in [9.17, 15) is 4.79 Å². The molecule has 0 fully saturated rings. The molecule has 1 amide bonds. The van der Waals surface area contributed by atoms with Gasteiger partial charge in [0, 0.05) is 17.5 Å². The first-order valence-electron chi connectivity index (χ1n) is 7.16. The number of primary amides is 1. The molecule has 1 unspecified atom stereocenters. The van der Waals surface area contributed by atoms with Crippen LogP contribution in [0.15, 0.2) is 36.4 Å². The van der Waals surface area contributed by atoms with Gasteiger partial charge in [0.2, 0.25) is 0 Å². The summed E-state index contributed by atoms with van der Waals surface area (Å²) in [5.74, 6) is 1.27. The van der Waals surface area contributed by atoms with Crippen molar-refractivity contribution in [3.8, 4) is 22.6 Å². The van der Waals surface area contributed by atoms with E-state index in [0.717, 1.165) is 16.7 Å². The van der Waals surface area contributed by atoms with Crippen molar-refractivity contribution in [1.82, 2.24) is 0 Å². The average Bonchev–Trinajstić information content (AvgIpc) is 2.54. The molecule has 2 aromatic rings. The van der Waals surface area contributed by atoms with Crippen molar-refractivity contribution in [3.63, 3.8) is 0 Å². The number of ether oxygens (including phenoxy) is 3. The molecule has 0 aromatic heterocycles. The minimum atomic E-state index is -0.789. The third kappa shape index (κ3) is 3.05. The zero-order valence-electron chi connectivity index (χ0n) is 12.5. The van der Waals surface area contributed by atoms with Crippen LogP contribution < -0.4 is 15.2 Å². The molecule has 1 aliphatic heterocycles. The third-order valence-corrected chi connectivity index (χ3v) is 4.14. The largest absolute Gasteiger partial charge is 0.495 e. The number of halogens is 1. The second kappa shape index (κ2) is 6.38. The smallest absolute Gasteiger partial charge is 0.405 e. The molecule has 1 atom stereocenters. The van der Waals surface area contributed by atoms with E-state index in [1.165, 1.54) is 0 Å². The van der Waals surface area contributed by atoms with Crippen LogP contribution in [0.1, 0.15) is 18.1 Å². The van der Waals surface area contributed by atoms with Gasteiger partial charge in [0.15, 0.2) is 0 Å². The fourth-order valence-corrected chi connectivity index (χ4v) is 2.99. The van der Waals surface area contributed by atoms with Gasteiger partial charge in [-0.3, -0.25) is 0 Å². The number of carbonyl (C=O) groups is 1. The lowest BCUT2D eigenvalue weighted by Gasteiger charge is -2.25. The Kier molecular flexibility index (Phi) is 4.30. The summed E-state index contributed by atoms with van der Waals surface area (Å²) in [6.45, 7) is 0.459. The van der Waals surface area contributed by atoms with Gasteiger partial charge >= 0.3 is 6.09 Å². The Labute approximate surface area is 138 Å². The lowest BCUT2D eigenvalue weighted by Crippen LogP contribution is -2.22. The van der Waals surface area contributed by atoms with E-state index in [1.54, 1.807) is 13.2 Å². The predicted molar refractivity (Wildman–Crippen MR) is 87.0 cm³/mol. The van der Waals surface area contributed by atoms with Gasteiger partial charge in [-0.1, -0.05) is 35.9 Å². The number of hydrogen-bond donors (Lipinski definition) is 1. The summed E-state index contributed by atoms with van der Waals surface area (Å²) >= 11 is 6.37. The lowest BCUT2D eigenvalue weighted by atomic mass is 9.98. The van der Waals surface area contributed by atoms with Crippen molar-refractivity contribution >= 4 is 17.7 Å². The molecule has 2 N–H and O–H groups in total. The Morgan fingerprint density at radius 3 is 2.91 bits per heavy atom. The number of nitrogens with two attached hydrogens (primary N) is 1. The summed E-state index contributed by atoms with van der Waals surface area (Å²) in [6, 6.07) is 11.2. The topological polar surface area (TPSA) is 70.8 Å². The first-order chi connectivity index (χ1) is 11.1. The molecule has 1 aliphatic rings. The zero-order chi connectivity index (χ0) is 16.4. The van der Waals surface area contributed by atoms with Crippen molar-refractivity contribution < 1.29 is 19.0 Å². The number of hydrogen-bond acceptors (Lipinski definition) is 4. The van der Waals surface area contributed by atoms with Gasteiger partial charge < -0.3 is 19.9 Å². The molecule has 120 valence electrons. The van der Waals surface area contributed by atoms with Crippen LogP contribution in [-0.4, -0.2) is 19.8 Å². The van der Waals surface area contributed by atoms with Gasteiger partial charge in [-0.05, 0) is 17.7 Å². The first-order valence-corrected chi connectivity index (χ1v) is 7.53. The molecule has 0 aliphatic carbocycles. The highest BCUT2D eigenvalue weighted by molar-refractivity contribution is 6.34. The molecular weight excluding hydrogens is 318 g/mol. The van der Waals surface area contributed by atoms with Crippen LogP contribution >= 0.6 is 11.6 Å². The SMILES string of the molecule is COc1cccc(-c2ccc3c(c2)OCCC3OC(N)=O)c1Cl. The van der Waals surface area contributed by atoms with Crippen molar-refractivity contribution in [1.29, 1.82) is 0 Å². The number of amides is 1. The standard InChI is InChI=1S/C17H16ClNO4/c1-21-14-4-2-3-11(16(14)18)10-5-6-12-13(23-17(19)20)7-8-22-15(12)9-10/h2-6,9,13H,7-8H2,1H3,(H2,19,20). The maximum absolute atomic E-state index is 11.0. The van der Waals surface area contributed by atoms with Crippen molar-refractivity contribution in [2.75, 3.05) is 13.7 Å². The van der Waals surface area contributed by atoms with Crippen LogP contribution in [0.25, 0.3) is 11.1 Å². The van der Waals surface area contributed by atoms with Crippen LogP contribution in [0.2, 0.25) is 5.02 Å². The summed E-state index contributed by atoms with van der Waals surface area (Å²) in [6.07, 6.45) is -0.594. The molecule has 0 bridgehead atoms. The van der Waals surface area contributed by atoms with E-state index in [-0.39, 0.29) is 6.10 Å². The fraction of sp³-hybridized carbons (Fsp3) is 0.235. The van der Waals surface area contributed by atoms with Gasteiger partial charge in [0.05, 0.1) is 18.7 Å². The summed E-state index contributed by atoms with van der Waals surface area (Å²) < 4.78 is 16.1. The van der Waals surface area contributed by atoms with E-state index < -0.39 is 6.09 Å². The average molecular weight is 334 g/mol. The molecule has 5 nitrogen and oxygen atoms in total. The summed E-state index contributed by atoms with van der Waals surface area (Å²) in [7, 11) is 1.58. The number of carbonyl (C=O) groups excluding carboxylic acids is 1. The van der Waals surface area contributed by atoms with Crippen LogP contribution in [0.3, 0.4) is 0 Å². The van der Waals surface area contributed by atoms with Gasteiger partial charge in [-0.2, -0.15) is 0 Å². The molecule has 23 heavy (non-hydrogen) atoms. The summed E-state index contributed by atoms with van der Waals surface area (Å²) in [4.78, 5) is 11.0. The van der Waals surface area contributed by atoms with E-state index >= 15 is 0 Å². The van der Waals surface area contributed by atoms with Crippen LogP contribution in [0.5, 0.6) is 11.5 Å². The lowest BCUT2D eigenvalue weighted by molar-refractivity contribution is 0.0766. The highest BCUT2D eigenvalue weighted by Crippen LogP contribution is 2.40. The van der Waals surface area contributed by atoms with Crippen molar-refractivity contribution in [3.05, 3.63) is 47.0 Å². The maximum atomic E-state index is 11.0. The Hall–Kier alpha value is -2.40. The molecular formula is C17H16ClNO4. The second-order valence-corrected chi connectivity index (χ2v) is 5.52. The van der Waals surface area contributed by atoms with E-state index in [2.05, 4.69) is 0 Å². The first kappa shape index (κ1) is 15.5. The normalized spacial score (nSPS) is 16.2. The zero-order valence-corrected chi connectivity index (χ0v) is 13.3. The molecule has 2 aromatic carbocycles. The van der Waals surface area contributed by atoms with E-state index in [4.69, 9.17) is 31.5 Å². The van der Waals surface area contributed by atoms with Crippen LogP contribution in [0.4, 0.5) is 4.79 Å². The van der Waals surface area contributed by atoms with Gasteiger partial charge in [-0.25, -0.2) is 4.79 Å². The summed E-state index contributed by atoms with van der Waals surface area (Å²) in [5.41, 5.74) is 7.66. The Bertz CT molecular complexity index is 747. The van der Waals surface area contributed by atoms with Crippen LogP contribution in [0, 0.1) is 0 Å². The highest BCUT2D eigenvalue weighted by Gasteiger charge is 2.25. The molecule has 0 saturated heterocycles. The van der Waals surface area contributed by atoms with Gasteiger partial charge in [0.1, 0.15) is 17.6 Å². The van der Waals surface area contributed by atoms with E-state index in [0.29, 0.717) is 29.5 Å². The Balaban J connectivity index is 2.00. The third-order valence-electron chi connectivity index (χ3n) is 3.75. The van der Waals surface area contributed by atoms with Crippen LogP contribution in [-0.2, 0) is 4.74 Å². The minimum Gasteiger partial charge on any atom is -0.495 e. The molecule has 6 heteroatoms. The molecule has 1 heterocycles. The monoisotopic (exact) mass is 333 g/mol. The van der Waals surface area contributed by atoms with Crippen molar-refractivity contribution in [2.45, 2.75) is 12.5 Å². The molecule has 0 radical (unpaired) electrons. The number of fused-ring (bicyclic) bond motifs is 1. The minimum absolute atomic E-state index is 0.383. The Morgan fingerprint density at radius 2 is 2.17 bits per heavy atom. The molecule has 3 rings (SSSR count). The van der Waals surface area contributed by atoms with E-state index in [1.807, 2.05) is 30.3 Å². The van der Waals surface area contributed by atoms with Crippen molar-refractivity contribution in [2.24, 2.45) is 5.73 Å². The maximum Gasteiger partial charge on any atom is 0.405 e. The van der Waals surface area contributed by atoms with Gasteiger partial charge in [-0.15, -0.1) is 0 Å². The highest BCUT2D eigenvalue weighted by atomic mass is 35.5. The predicted octanol–water partition coefficient (Wildman–Crippen LogP) is 3.93. The fourth-order valence-electron chi connectivity index (χ4n) is 2.68. The quantitative estimate of drug-likeness (QED) is 0.923. The summed E-state index contributed by atoms with van der Waals surface area (Å²) in [5, 5.41) is 0.538. The second-order valence-electron chi connectivity index (χ2n) is 5.14. The van der Waals surface area contributed by atoms with Gasteiger partial charge in [0.25, 0.3) is 0 Å². The number of methoxy groups -OCH3 is 1. The number of benzene rings is 2. The number of rotatable bonds is 3.